The van der Waals surface area contributed by atoms with Crippen molar-refractivity contribution in [3.8, 4) is 5.88 Å². The summed E-state index contributed by atoms with van der Waals surface area (Å²) in [7, 11) is 0. The van der Waals surface area contributed by atoms with Gasteiger partial charge in [-0.1, -0.05) is 0 Å². The number of hydrogen-bond acceptors (Lipinski definition) is 5. The average Bonchev–Trinajstić information content (AvgIpc) is 2.06. The highest BCUT2D eigenvalue weighted by atomic mass is 16.6. The third kappa shape index (κ3) is 3.36. The Morgan fingerprint density at radius 2 is 2.36 bits per heavy atom. The molecule has 0 spiro atoms. The standard InChI is InChI=1S/C8H11N3O3/c1-5(12)2-6-3-11-7(4-10-6)14-8(9)13/h3-5,12H,2H2,1H3,(H2,9,13). The summed E-state index contributed by atoms with van der Waals surface area (Å²) in [6, 6.07) is 0. The minimum Gasteiger partial charge on any atom is -0.393 e. The van der Waals surface area contributed by atoms with E-state index in [-0.39, 0.29) is 5.88 Å². The van der Waals surface area contributed by atoms with Crippen molar-refractivity contribution in [1.82, 2.24) is 9.97 Å². The number of aliphatic hydroxyl groups is 1. The fourth-order valence-corrected chi connectivity index (χ4v) is 0.907. The van der Waals surface area contributed by atoms with E-state index in [9.17, 15) is 4.79 Å². The highest BCUT2D eigenvalue weighted by molar-refractivity contribution is 5.67. The number of amides is 1. The van der Waals surface area contributed by atoms with Crippen LogP contribution < -0.4 is 10.5 Å². The zero-order valence-electron chi connectivity index (χ0n) is 7.67. The molecule has 14 heavy (non-hydrogen) atoms. The molecule has 1 rings (SSSR count). The van der Waals surface area contributed by atoms with Crippen molar-refractivity contribution >= 4 is 6.09 Å². The summed E-state index contributed by atoms with van der Waals surface area (Å²) >= 11 is 0. The molecule has 0 aliphatic heterocycles. The number of aliphatic hydroxyl groups excluding tert-OH is 1. The fourth-order valence-electron chi connectivity index (χ4n) is 0.907. The van der Waals surface area contributed by atoms with Crippen molar-refractivity contribution in [1.29, 1.82) is 0 Å². The van der Waals surface area contributed by atoms with E-state index in [4.69, 9.17) is 10.8 Å². The molecule has 1 aromatic heterocycles. The van der Waals surface area contributed by atoms with Crippen molar-refractivity contribution in [2.75, 3.05) is 0 Å². The maximum atomic E-state index is 10.3. The Labute approximate surface area is 80.7 Å². The van der Waals surface area contributed by atoms with Gasteiger partial charge in [0, 0.05) is 6.42 Å². The van der Waals surface area contributed by atoms with E-state index in [0.717, 1.165) is 0 Å². The minimum absolute atomic E-state index is 0.0480. The van der Waals surface area contributed by atoms with Gasteiger partial charge in [0.1, 0.15) is 0 Å². The van der Waals surface area contributed by atoms with Gasteiger partial charge in [0.15, 0.2) is 0 Å². The summed E-state index contributed by atoms with van der Waals surface area (Å²) in [5, 5.41) is 9.05. The topological polar surface area (TPSA) is 98.3 Å². The van der Waals surface area contributed by atoms with Gasteiger partial charge in [-0.15, -0.1) is 0 Å². The van der Waals surface area contributed by atoms with Crippen molar-refractivity contribution in [3.05, 3.63) is 18.1 Å². The molecule has 76 valence electrons. The SMILES string of the molecule is CC(O)Cc1cnc(OC(N)=O)cn1. The molecular weight excluding hydrogens is 186 g/mol. The van der Waals surface area contributed by atoms with Crippen molar-refractivity contribution in [2.45, 2.75) is 19.4 Å². The molecule has 0 aliphatic carbocycles. The summed E-state index contributed by atoms with van der Waals surface area (Å²) in [5.41, 5.74) is 5.40. The van der Waals surface area contributed by atoms with Gasteiger partial charge >= 0.3 is 6.09 Å². The highest BCUT2D eigenvalue weighted by Gasteiger charge is 2.03. The maximum Gasteiger partial charge on any atom is 0.411 e. The van der Waals surface area contributed by atoms with Crippen LogP contribution in [0.1, 0.15) is 12.6 Å². The molecule has 0 aliphatic rings. The van der Waals surface area contributed by atoms with E-state index in [2.05, 4.69) is 14.7 Å². The van der Waals surface area contributed by atoms with Gasteiger partial charge in [-0.25, -0.2) is 9.78 Å². The lowest BCUT2D eigenvalue weighted by Crippen LogP contribution is -2.17. The lowest BCUT2D eigenvalue weighted by atomic mass is 10.2. The van der Waals surface area contributed by atoms with Crippen molar-refractivity contribution < 1.29 is 14.6 Å². The Hall–Kier alpha value is -1.69. The molecule has 1 unspecified atom stereocenters. The monoisotopic (exact) mass is 197 g/mol. The van der Waals surface area contributed by atoms with Crippen LogP contribution >= 0.6 is 0 Å². The summed E-state index contributed by atoms with van der Waals surface area (Å²) in [6.45, 7) is 1.65. The largest absolute Gasteiger partial charge is 0.411 e. The Morgan fingerprint density at radius 1 is 1.64 bits per heavy atom. The predicted octanol–water partition coefficient (Wildman–Crippen LogP) is -0.143. The molecule has 0 fully saturated rings. The molecule has 0 aromatic carbocycles. The molecule has 1 aromatic rings. The number of ether oxygens (including phenoxy) is 1. The van der Waals surface area contributed by atoms with Crippen LogP contribution in [0.4, 0.5) is 4.79 Å². The van der Waals surface area contributed by atoms with Crippen LogP contribution in [-0.4, -0.2) is 27.3 Å². The van der Waals surface area contributed by atoms with Crippen LogP contribution in [0.2, 0.25) is 0 Å². The van der Waals surface area contributed by atoms with E-state index in [1.807, 2.05) is 0 Å². The Kier molecular flexibility index (Phi) is 3.35. The third-order valence-corrected chi connectivity index (χ3v) is 1.39. The van der Waals surface area contributed by atoms with Gasteiger partial charge in [-0.3, -0.25) is 4.98 Å². The van der Waals surface area contributed by atoms with Gasteiger partial charge in [-0.2, -0.15) is 0 Å². The molecule has 0 saturated carbocycles. The average molecular weight is 197 g/mol. The van der Waals surface area contributed by atoms with E-state index in [1.54, 1.807) is 6.92 Å². The van der Waals surface area contributed by atoms with E-state index < -0.39 is 12.2 Å². The van der Waals surface area contributed by atoms with E-state index in [0.29, 0.717) is 12.1 Å². The van der Waals surface area contributed by atoms with Crippen LogP contribution in [0, 0.1) is 0 Å². The second-order valence-electron chi connectivity index (χ2n) is 2.82. The number of primary amides is 1. The first-order valence-electron chi connectivity index (χ1n) is 4.04. The van der Waals surface area contributed by atoms with E-state index in [1.165, 1.54) is 12.4 Å². The number of rotatable bonds is 3. The molecule has 0 bridgehead atoms. The van der Waals surface area contributed by atoms with Crippen molar-refractivity contribution in [3.63, 3.8) is 0 Å². The molecule has 1 amide bonds. The van der Waals surface area contributed by atoms with Crippen molar-refractivity contribution in [2.24, 2.45) is 5.73 Å². The zero-order valence-corrected chi connectivity index (χ0v) is 7.67. The lowest BCUT2D eigenvalue weighted by Gasteiger charge is -2.03. The van der Waals surface area contributed by atoms with Crippen LogP contribution in [0.25, 0.3) is 0 Å². The quantitative estimate of drug-likeness (QED) is 0.702. The number of carbonyl (C=O) groups is 1. The first-order chi connectivity index (χ1) is 6.58. The van der Waals surface area contributed by atoms with Gasteiger partial charge in [0.25, 0.3) is 0 Å². The highest BCUT2D eigenvalue weighted by Crippen LogP contribution is 2.05. The van der Waals surface area contributed by atoms with Gasteiger partial charge < -0.3 is 15.6 Å². The zero-order chi connectivity index (χ0) is 10.6. The first-order valence-corrected chi connectivity index (χ1v) is 4.04. The predicted molar refractivity (Wildman–Crippen MR) is 47.6 cm³/mol. The molecule has 0 radical (unpaired) electrons. The summed E-state index contributed by atoms with van der Waals surface area (Å²) in [5.74, 6) is 0.0480. The number of carbonyl (C=O) groups excluding carboxylic acids is 1. The molecule has 6 nitrogen and oxygen atoms in total. The Balaban J connectivity index is 2.63. The van der Waals surface area contributed by atoms with Crippen LogP contribution in [0.5, 0.6) is 5.88 Å². The Bertz CT molecular complexity index is 310. The second-order valence-corrected chi connectivity index (χ2v) is 2.82. The Morgan fingerprint density at radius 3 is 2.79 bits per heavy atom. The van der Waals surface area contributed by atoms with Gasteiger partial charge in [-0.05, 0) is 6.92 Å². The lowest BCUT2D eigenvalue weighted by molar-refractivity contribution is 0.193. The van der Waals surface area contributed by atoms with Gasteiger partial charge in [0.2, 0.25) is 5.88 Å². The first kappa shape index (κ1) is 10.4. The van der Waals surface area contributed by atoms with Crippen LogP contribution in [0.3, 0.4) is 0 Å². The van der Waals surface area contributed by atoms with Crippen LogP contribution in [-0.2, 0) is 6.42 Å². The molecule has 1 heterocycles. The smallest absolute Gasteiger partial charge is 0.393 e. The van der Waals surface area contributed by atoms with E-state index >= 15 is 0 Å². The molecule has 6 heteroatoms. The number of nitrogens with zero attached hydrogens (tertiary/aromatic N) is 2. The van der Waals surface area contributed by atoms with Crippen LogP contribution in [0.15, 0.2) is 12.4 Å². The molecule has 1 atom stereocenters. The fraction of sp³-hybridized carbons (Fsp3) is 0.375. The third-order valence-electron chi connectivity index (χ3n) is 1.39. The second kappa shape index (κ2) is 4.52. The molecular formula is C8H11N3O3. The number of aromatic nitrogens is 2. The minimum atomic E-state index is -0.928. The summed E-state index contributed by atoms with van der Waals surface area (Å²) in [6.07, 6.45) is 1.70. The molecule has 0 saturated heterocycles. The number of hydrogen-bond donors (Lipinski definition) is 2. The normalized spacial score (nSPS) is 12.1. The molecule has 3 N–H and O–H groups in total. The summed E-state index contributed by atoms with van der Waals surface area (Å²) < 4.78 is 4.48. The maximum absolute atomic E-state index is 10.3. The van der Waals surface area contributed by atoms with Gasteiger partial charge in [0.05, 0.1) is 24.2 Å². The number of nitrogens with two attached hydrogens (primary N) is 1. The summed E-state index contributed by atoms with van der Waals surface area (Å²) in [4.78, 5) is 18.0.